The van der Waals surface area contributed by atoms with E-state index in [1.54, 1.807) is 6.07 Å². The second-order valence-electron chi connectivity index (χ2n) is 5.37. The van der Waals surface area contributed by atoms with Crippen LogP contribution in [0.15, 0.2) is 30.3 Å². The first-order valence-electron chi connectivity index (χ1n) is 7.91. The number of carbonyl (C=O) groups is 2. The number of aryl methyl sites for hydroxylation is 1. The summed E-state index contributed by atoms with van der Waals surface area (Å²) in [5.74, 6) is 0. The summed E-state index contributed by atoms with van der Waals surface area (Å²) in [5.41, 5.74) is 0.288. The van der Waals surface area contributed by atoms with Gasteiger partial charge < -0.3 is 9.47 Å². The van der Waals surface area contributed by atoms with Crippen molar-refractivity contribution in [3.8, 4) is 10.4 Å². The lowest BCUT2D eigenvalue weighted by Gasteiger charge is -2.08. The summed E-state index contributed by atoms with van der Waals surface area (Å²) in [7, 11) is 0. The molecule has 1 amide bonds. The van der Waals surface area contributed by atoms with Crippen molar-refractivity contribution >= 4 is 35.0 Å². The number of ether oxygens (including phenoxy) is 2. The second-order valence-corrected chi connectivity index (χ2v) is 6.65. The van der Waals surface area contributed by atoms with E-state index in [4.69, 9.17) is 4.74 Å². The number of unbranched alkanes of at least 4 members (excludes halogenated alkanes) is 1. The topological polar surface area (TPSA) is 108 Å². The minimum atomic E-state index is -1.15. The first-order valence-corrected chi connectivity index (χ1v) is 8.73. The molecule has 0 unspecified atom stereocenters. The predicted octanol–water partition coefficient (Wildman–Crippen LogP) is 5.12. The van der Waals surface area contributed by atoms with E-state index in [2.05, 4.69) is 10.1 Å². The molecule has 1 aromatic heterocycles. The SMILES string of the molecule is CCCCOC(=O)OC(=O)Nc1ccc(-c2ccc(C)s2)cc1[N+](=O)[O-]. The molecule has 0 atom stereocenters. The normalized spacial score (nSPS) is 10.2. The summed E-state index contributed by atoms with van der Waals surface area (Å²) in [6.45, 7) is 3.99. The van der Waals surface area contributed by atoms with Crippen molar-refractivity contribution in [3.05, 3.63) is 45.3 Å². The van der Waals surface area contributed by atoms with Crippen LogP contribution in [0.2, 0.25) is 0 Å². The highest BCUT2D eigenvalue weighted by Gasteiger charge is 2.20. The van der Waals surface area contributed by atoms with Crippen LogP contribution in [0.25, 0.3) is 10.4 Å². The summed E-state index contributed by atoms with van der Waals surface area (Å²) in [4.78, 5) is 35.7. The van der Waals surface area contributed by atoms with E-state index in [-0.39, 0.29) is 18.0 Å². The number of nitrogens with zero attached hydrogens (tertiary/aromatic N) is 1. The Bertz CT molecular complexity index is 817. The highest BCUT2D eigenvalue weighted by atomic mass is 32.1. The third-order valence-electron chi connectivity index (χ3n) is 3.35. The number of thiophene rings is 1. The molecule has 0 bridgehead atoms. The number of nitrogens with one attached hydrogen (secondary N) is 1. The van der Waals surface area contributed by atoms with Gasteiger partial charge >= 0.3 is 12.2 Å². The van der Waals surface area contributed by atoms with Crippen LogP contribution in [0.5, 0.6) is 0 Å². The van der Waals surface area contributed by atoms with E-state index < -0.39 is 17.2 Å². The van der Waals surface area contributed by atoms with Gasteiger partial charge in [0.05, 0.1) is 11.5 Å². The van der Waals surface area contributed by atoms with Crippen LogP contribution in [0.4, 0.5) is 21.0 Å². The van der Waals surface area contributed by atoms with Crippen LogP contribution >= 0.6 is 11.3 Å². The molecule has 0 fully saturated rings. The van der Waals surface area contributed by atoms with Crippen molar-refractivity contribution in [3.63, 3.8) is 0 Å². The van der Waals surface area contributed by atoms with Crippen LogP contribution in [0.1, 0.15) is 24.6 Å². The number of nitro benzene ring substituents is 1. The van der Waals surface area contributed by atoms with Crippen molar-refractivity contribution in [1.82, 2.24) is 0 Å². The number of hydrogen-bond acceptors (Lipinski definition) is 7. The molecule has 1 heterocycles. The van der Waals surface area contributed by atoms with E-state index >= 15 is 0 Å². The number of nitro groups is 1. The van der Waals surface area contributed by atoms with Crippen LogP contribution < -0.4 is 5.32 Å². The molecule has 8 nitrogen and oxygen atoms in total. The Labute approximate surface area is 153 Å². The van der Waals surface area contributed by atoms with Gasteiger partial charge in [-0.15, -0.1) is 11.3 Å². The molecule has 138 valence electrons. The quantitative estimate of drug-likeness (QED) is 0.246. The molecule has 0 aliphatic carbocycles. The maximum atomic E-state index is 11.7. The Morgan fingerprint density at radius 1 is 1.27 bits per heavy atom. The zero-order valence-electron chi connectivity index (χ0n) is 14.3. The lowest BCUT2D eigenvalue weighted by atomic mass is 10.1. The molecule has 9 heteroatoms. The van der Waals surface area contributed by atoms with Gasteiger partial charge in [0, 0.05) is 15.8 Å². The molecule has 0 saturated heterocycles. The molecule has 2 rings (SSSR count). The van der Waals surface area contributed by atoms with Crippen LogP contribution in [0.3, 0.4) is 0 Å². The average molecular weight is 378 g/mol. The molecule has 2 aromatic rings. The van der Waals surface area contributed by atoms with Crippen LogP contribution in [-0.4, -0.2) is 23.8 Å². The maximum Gasteiger partial charge on any atom is 0.517 e. The zero-order valence-corrected chi connectivity index (χ0v) is 15.1. The van der Waals surface area contributed by atoms with Crippen molar-refractivity contribution in [2.24, 2.45) is 0 Å². The predicted molar refractivity (Wildman–Crippen MR) is 97.5 cm³/mol. The minimum Gasteiger partial charge on any atom is -0.434 e. The fourth-order valence-corrected chi connectivity index (χ4v) is 2.94. The number of amides is 1. The number of rotatable bonds is 6. The molecule has 1 N–H and O–H groups in total. The number of benzene rings is 1. The van der Waals surface area contributed by atoms with Gasteiger partial charge in [0.25, 0.3) is 5.69 Å². The van der Waals surface area contributed by atoms with Gasteiger partial charge in [0.1, 0.15) is 5.69 Å². The molecule has 0 saturated carbocycles. The highest BCUT2D eigenvalue weighted by Crippen LogP contribution is 2.34. The fraction of sp³-hybridized carbons (Fsp3) is 0.294. The Kier molecular flexibility index (Phi) is 6.67. The first kappa shape index (κ1) is 19.4. The summed E-state index contributed by atoms with van der Waals surface area (Å²) in [6.07, 6.45) is -0.827. The van der Waals surface area contributed by atoms with Gasteiger partial charge in [-0.2, -0.15) is 0 Å². The summed E-state index contributed by atoms with van der Waals surface area (Å²) < 4.78 is 9.12. The Morgan fingerprint density at radius 3 is 2.65 bits per heavy atom. The van der Waals surface area contributed by atoms with E-state index in [0.29, 0.717) is 12.0 Å². The molecule has 26 heavy (non-hydrogen) atoms. The second kappa shape index (κ2) is 8.95. The molecule has 0 spiro atoms. The third kappa shape index (κ3) is 5.28. The molecule has 1 aromatic carbocycles. The number of hydrogen-bond donors (Lipinski definition) is 1. The third-order valence-corrected chi connectivity index (χ3v) is 4.40. The standard InChI is InChI=1S/C17H18N2O6S/c1-3-4-9-24-17(21)25-16(20)18-13-7-6-12(10-14(13)19(22)23)15-8-5-11(2)26-15/h5-8,10H,3-4,9H2,1-2H3,(H,18,20). The molecule has 0 aliphatic heterocycles. The summed E-state index contributed by atoms with van der Waals surface area (Å²) in [5, 5.41) is 13.5. The van der Waals surface area contributed by atoms with Gasteiger partial charge in [0.2, 0.25) is 0 Å². The maximum absolute atomic E-state index is 11.7. The van der Waals surface area contributed by atoms with Gasteiger partial charge in [-0.05, 0) is 37.1 Å². The van der Waals surface area contributed by atoms with Crippen molar-refractivity contribution < 1.29 is 24.0 Å². The zero-order chi connectivity index (χ0) is 19.1. The lowest BCUT2D eigenvalue weighted by molar-refractivity contribution is -0.383. The van der Waals surface area contributed by atoms with Gasteiger partial charge in [-0.1, -0.05) is 19.4 Å². The van der Waals surface area contributed by atoms with Crippen molar-refractivity contribution in [2.75, 3.05) is 11.9 Å². The first-order chi connectivity index (χ1) is 12.4. The summed E-state index contributed by atoms with van der Waals surface area (Å²) in [6, 6.07) is 8.19. The van der Waals surface area contributed by atoms with Gasteiger partial charge in [-0.3, -0.25) is 15.4 Å². The molecular weight excluding hydrogens is 360 g/mol. The van der Waals surface area contributed by atoms with E-state index in [1.807, 2.05) is 26.0 Å². The van der Waals surface area contributed by atoms with E-state index in [1.165, 1.54) is 23.5 Å². The molecular formula is C17H18N2O6S. The Morgan fingerprint density at radius 2 is 2.04 bits per heavy atom. The van der Waals surface area contributed by atoms with E-state index in [9.17, 15) is 19.7 Å². The highest BCUT2D eigenvalue weighted by molar-refractivity contribution is 7.15. The van der Waals surface area contributed by atoms with Crippen LogP contribution in [-0.2, 0) is 9.47 Å². The smallest absolute Gasteiger partial charge is 0.434 e. The number of carbonyl (C=O) groups excluding carboxylic acids is 2. The van der Waals surface area contributed by atoms with Gasteiger partial charge in [0.15, 0.2) is 0 Å². The Hall–Kier alpha value is -2.94. The lowest BCUT2D eigenvalue weighted by Crippen LogP contribution is -2.20. The summed E-state index contributed by atoms with van der Waals surface area (Å²) >= 11 is 1.50. The largest absolute Gasteiger partial charge is 0.517 e. The number of anilines is 1. The van der Waals surface area contributed by atoms with E-state index in [0.717, 1.165) is 16.2 Å². The fourth-order valence-electron chi connectivity index (χ4n) is 2.07. The van der Waals surface area contributed by atoms with Gasteiger partial charge in [-0.25, -0.2) is 9.59 Å². The monoisotopic (exact) mass is 378 g/mol. The van der Waals surface area contributed by atoms with Crippen LogP contribution in [0, 0.1) is 17.0 Å². The van der Waals surface area contributed by atoms with Crippen molar-refractivity contribution in [2.45, 2.75) is 26.7 Å². The average Bonchev–Trinajstić information content (AvgIpc) is 3.01. The molecule has 0 radical (unpaired) electrons. The van der Waals surface area contributed by atoms with Crippen molar-refractivity contribution in [1.29, 1.82) is 0 Å². The Balaban J connectivity index is 2.10. The molecule has 0 aliphatic rings. The minimum absolute atomic E-state index is 0.0709.